The number of nitrogens with one attached hydrogen (secondary N) is 3. The Morgan fingerprint density at radius 2 is 1.73 bits per heavy atom. The minimum Gasteiger partial charge on any atom is -0.463 e. The molecule has 1 aliphatic carbocycles. The van der Waals surface area contributed by atoms with Gasteiger partial charge >= 0.3 is 12.1 Å². The number of hydrogen-bond donors (Lipinski definition) is 3. The maximum absolute atomic E-state index is 13.6. The molecule has 3 N–H and O–H groups in total. The van der Waals surface area contributed by atoms with Crippen molar-refractivity contribution in [1.82, 2.24) is 25.0 Å². The number of piperazine rings is 1. The third-order valence-electron chi connectivity index (χ3n) is 7.94. The van der Waals surface area contributed by atoms with Crippen LogP contribution in [0.25, 0.3) is 0 Å². The molecule has 49 heavy (non-hydrogen) atoms. The Bertz CT molecular complexity index is 1620. The summed E-state index contributed by atoms with van der Waals surface area (Å²) in [6.07, 6.45) is 11.6. The van der Waals surface area contributed by atoms with Gasteiger partial charge in [-0.3, -0.25) is 25.3 Å². The van der Waals surface area contributed by atoms with Crippen molar-refractivity contribution in [2.24, 2.45) is 0 Å². The summed E-state index contributed by atoms with van der Waals surface area (Å²) in [5.74, 6) is 0.310. The number of benzene rings is 1. The molecule has 0 saturated carbocycles. The molecule has 0 atom stereocenters. The fourth-order valence-corrected chi connectivity index (χ4v) is 5.27. The Morgan fingerprint density at radius 3 is 2.41 bits per heavy atom. The molecule has 3 heterocycles. The number of carbonyl (C=O) groups excluding carboxylic acids is 3. The van der Waals surface area contributed by atoms with Gasteiger partial charge in [-0.05, 0) is 70.0 Å². The molecule has 1 saturated heterocycles. The number of pyridine rings is 1. The van der Waals surface area contributed by atoms with E-state index in [4.69, 9.17) is 14.2 Å². The van der Waals surface area contributed by atoms with Gasteiger partial charge in [-0.2, -0.15) is 0 Å². The predicted molar refractivity (Wildman–Crippen MR) is 186 cm³/mol. The van der Waals surface area contributed by atoms with Gasteiger partial charge in [-0.25, -0.2) is 9.59 Å². The first-order valence-corrected chi connectivity index (χ1v) is 16.4. The number of amides is 4. The molecule has 1 fully saturated rings. The quantitative estimate of drug-likeness (QED) is 0.303. The summed E-state index contributed by atoms with van der Waals surface area (Å²) in [5.41, 5.74) is 2.02. The second kappa shape index (κ2) is 16.3. The molecule has 0 spiro atoms. The van der Waals surface area contributed by atoms with Crippen LogP contribution in [0.15, 0.2) is 90.6 Å². The van der Waals surface area contributed by atoms with Crippen LogP contribution in [0, 0.1) is 0 Å². The van der Waals surface area contributed by atoms with Crippen molar-refractivity contribution in [1.29, 1.82) is 0 Å². The Balaban J connectivity index is 1.22. The molecular formula is C36H45N7O6. The Hall–Kier alpha value is -5.14. The number of carbonyl (C=O) groups is 3. The lowest BCUT2D eigenvalue weighted by Gasteiger charge is -2.34. The second-order valence-corrected chi connectivity index (χ2v) is 13.0. The summed E-state index contributed by atoms with van der Waals surface area (Å²) in [4.78, 5) is 49.8. The van der Waals surface area contributed by atoms with Crippen LogP contribution < -0.4 is 16.0 Å². The second-order valence-electron chi connectivity index (χ2n) is 13.0. The van der Waals surface area contributed by atoms with Crippen LogP contribution in [0.5, 0.6) is 0 Å². The molecule has 1 aromatic carbocycles. The molecule has 13 nitrogen and oxygen atoms in total. The van der Waals surface area contributed by atoms with Crippen molar-refractivity contribution in [3.63, 3.8) is 0 Å². The number of likely N-dealkylation sites (N-methyl/N-ethyl adjacent to an activating group) is 1. The standard InChI is InChI=1S/C36H45N7O6/c1-36(2,3)49-35(46)39-29-13-9-8-12-28(29)38-33(44)30-15-14-26(22-37-30)23-43(21-20-42-18-16-41(4)17-19-42)34(45)40-32-25-47-24-31(48-32)27-10-6-5-7-11-27/h5-6,8-10,12-15,22,24-25H,7,11,16-21,23H2,1-4H3,(H,38,44)(H,39,46)(H,40,45). The van der Waals surface area contributed by atoms with Gasteiger partial charge in [-0.1, -0.05) is 36.4 Å². The third kappa shape index (κ3) is 10.7. The van der Waals surface area contributed by atoms with E-state index in [1.54, 1.807) is 68.3 Å². The first-order valence-electron chi connectivity index (χ1n) is 16.4. The number of ether oxygens (including phenoxy) is 3. The summed E-state index contributed by atoms with van der Waals surface area (Å²) in [6.45, 7) is 10.5. The predicted octanol–water partition coefficient (Wildman–Crippen LogP) is 5.40. The summed E-state index contributed by atoms with van der Waals surface area (Å²) in [6, 6.07) is 9.86. The van der Waals surface area contributed by atoms with E-state index < -0.39 is 17.6 Å². The van der Waals surface area contributed by atoms with Crippen LogP contribution in [-0.2, 0) is 20.8 Å². The van der Waals surface area contributed by atoms with E-state index in [0.29, 0.717) is 30.2 Å². The number of para-hydroxylation sites is 2. The highest BCUT2D eigenvalue weighted by molar-refractivity contribution is 6.05. The summed E-state index contributed by atoms with van der Waals surface area (Å²) >= 11 is 0. The Kier molecular flexibility index (Phi) is 11.7. The van der Waals surface area contributed by atoms with E-state index in [1.165, 1.54) is 12.5 Å². The van der Waals surface area contributed by atoms with E-state index in [1.807, 2.05) is 12.2 Å². The monoisotopic (exact) mass is 671 g/mol. The van der Waals surface area contributed by atoms with Crippen LogP contribution in [0.4, 0.5) is 21.0 Å². The lowest BCUT2D eigenvalue weighted by atomic mass is 10.0. The molecule has 260 valence electrons. The van der Waals surface area contributed by atoms with Crippen LogP contribution in [-0.4, -0.2) is 89.6 Å². The Labute approximate surface area is 287 Å². The first-order chi connectivity index (χ1) is 23.5. The van der Waals surface area contributed by atoms with Crippen molar-refractivity contribution < 1.29 is 28.6 Å². The highest BCUT2D eigenvalue weighted by Gasteiger charge is 2.23. The van der Waals surface area contributed by atoms with E-state index >= 15 is 0 Å². The number of nitrogens with zero attached hydrogens (tertiary/aromatic N) is 4. The molecule has 0 radical (unpaired) electrons. The summed E-state index contributed by atoms with van der Waals surface area (Å²) < 4.78 is 16.8. The molecule has 2 aromatic rings. The number of allylic oxidation sites excluding steroid dienone is 4. The largest absolute Gasteiger partial charge is 0.463 e. The van der Waals surface area contributed by atoms with Gasteiger partial charge in [0.15, 0.2) is 12.0 Å². The zero-order valence-electron chi connectivity index (χ0n) is 28.5. The number of anilines is 2. The lowest BCUT2D eigenvalue weighted by molar-refractivity contribution is 0.0635. The van der Waals surface area contributed by atoms with Gasteiger partial charge in [0.2, 0.25) is 5.88 Å². The zero-order valence-corrected chi connectivity index (χ0v) is 28.5. The van der Waals surface area contributed by atoms with E-state index in [2.05, 4.69) is 43.9 Å². The number of rotatable bonds is 10. The first kappa shape index (κ1) is 35.2. The van der Waals surface area contributed by atoms with E-state index in [-0.39, 0.29) is 24.2 Å². The number of urea groups is 1. The Morgan fingerprint density at radius 1 is 0.980 bits per heavy atom. The highest BCUT2D eigenvalue weighted by atomic mass is 16.6. The van der Waals surface area contributed by atoms with Crippen molar-refractivity contribution in [2.45, 2.75) is 45.8 Å². The fourth-order valence-electron chi connectivity index (χ4n) is 5.27. The topological polar surface area (TPSA) is 138 Å². The maximum atomic E-state index is 13.6. The number of aromatic nitrogens is 1. The van der Waals surface area contributed by atoms with Gasteiger partial charge in [0.05, 0.1) is 11.4 Å². The SMILES string of the molecule is CN1CCN(CCN(Cc2ccc(C(=O)Nc3ccccc3NC(=O)OC(C)(C)C)nc2)C(=O)NC2=COC=C(C3=CC=CCC3)O2)CC1. The normalized spacial score (nSPS) is 16.6. The molecule has 5 rings (SSSR count). The van der Waals surface area contributed by atoms with Crippen LogP contribution in [0.1, 0.15) is 49.7 Å². The molecule has 13 heteroatoms. The van der Waals surface area contributed by atoms with E-state index in [9.17, 15) is 14.4 Å². The highest BCUT2D eigenvalue weighted by Crippen LogP contribution is 2.26. The van der Waals surface area contributed by atoms with Gasteiger partial charge in [0, 0.05) is 52.0 Å². The molecule has 2 aliphatic heterocycles. The average molecular weight is 672 g/mol. The number of hydrogen-bond acceptors (Lipinski definition) is 9. The van der Waals surface area contributed by atoms with Crippen LogP contribution >= 0.6 is 0 Å². The fraction of sp³-hybridized carbons (Fsp3) is 0.389. The van der Waals surface area contributed by atoms with Crippen molar-refractivity contribution in [3.8, 4) is 0 Å². The molecule has 0 bridgehead atoms. The zero-order chi connectivity index (χ0) is 34.8. The van der Waals surface area contributed by atoms with Gasteiger partial charge in [-0.15, -0.1) is 0 Å². The molecular weight excluding hydrogens is 626 g/mol. The molecule has 0 unspecified atom stereocenters. The van der Waals surface area contributed by atoms with Gasteiger partial charge < -0.3 is 29.3 Å². The van der Waals surface area contributed by atoms with Crippen molar-refractivity contribution >= 4 is 29.4 Å². The van der Waals surface area contributed by atoms with Crippen LogP contribution in [0.2, 0.25) is 0 Å². The molecule has 3 aliphatic rings. The minimum atomic E-state index is -0.671. The minimum absolute atomic E-state index is 0.174. The smallest absolute Gasteiger partial charge is 0.412 e. The van der Waals surface area contributed by atoms with Crippen molar-refractivity contribution in [3.05, 3.63) is 102 Å². The molecule has 4 amide bonds. The third-order valence-corrected chi connectivity index (χ3v) is 7.94. The maximum Gasteiger partial charge on any atom is 0.412 e. The van der Waals surface area contributed by atoms with Crippen molar-refractivity contribution in [2.75, 3.05) is 56.9 Å². The van der Waals surface area contributed by atoms with Gasteiger partial charge in [0.25, 0.3) is 5.91 Å². The van der Waals surface area contributed by atoms with E-state index in [0.717, 1.165) is 50.2 Å². The van der Waals surface area contributed by atoms with Gasteiger partial charge in [0.1, 0.15) is 17.6 Å². The summed E-state index contributed by atoms with van der Waals surface area (Å²) in [5, 5.41) is 8.34. The van der Waals surface area contributed by atoms with Crippen LogP contribution in [0.3, 0.4) is 0 Å². The molecule has 1 aromatic heterocycles. The lowest BCUT2D eigenvalue weighted by Crippen LogP contribution is -2.48. The average Bonchev–Trinajstić information content (AvgIpc) is 3.08. The summed E-state index contributed by atoms with van der Waals surface area (Å²) in [7, 11) is 2.11.